The Morgan fingerprint density at radius 2 is 2.07 bits per heavy atom. The molecule has 0 bridgehead atoms. The summed E-state index contributed by atoms with van der Waals surface area (Å²) in [7, 11) is 1.50. The van der Waals surface area contributed by atoms with E-state index in [2.05, 4.69) is 22.0 Å². The van der Waals surface area contributed by atoms with Crippen LogP contribution in [0.5, 0.6) is 0 Å². The molecule has 0 aliphatic rings. The number of nitriles is 1. The standard InChI is InChI=1S/C11H12BrNO2/c1-15-7-11(14)10(6-13)8-2-4-9(12)5-3-8/h2-5,10-11,14H,7H2,1H3. The van der Waals surface area contributed by atoms with Crippen molar-refractivity contribution in [3.8, 4) is 6.07 Å². The summed E-state index contributed by atoms with van der Waals surface area (Å²) in [4.78, 5) is 0. The molecule has 2 atom stereocenters. The lowest BCUT2D eigenvalue weighted by Gasteiger charge is -2.15. The van der Waals surface area contributed by atoms with Gasteiger partial charge in [-0.1, -0.05) is 28.1 Å². The van der Waals surface area contributed by atoms with Crippen molar-refractivity contribution < 1.29 is 9.84 Å². The molecule has 0 aliphatic heterocycles. The van der Waals surface area contributed by atoms with Crippen LogP contribution in [0.3, 0.4) is 0 Å². The minimum Gasteiger partial charge on any atom is -0.389 e. The van der Waals surface area contributed by atoms with E-state index in [0.29, 0.717) is 0 Å². The normalized spacial score (nSPS) is 14.3. The molecule has 3 nitrogen and oxygen atoms in total. The van der Waals surface area contributed by atoms with Crippen LogP contribution in [0.25, 0.3) is 0 Å². The van der Waals surface area contributed by atoms with Gasteiger partial charge in [-0.25, -0.2) is 0 Å². The van der Waals surface area contributed by atoms with Crippen molar-refractivity contribution in [1.29, 1.82) is 5.26 Å². The second-order valence-corrected chi connectivity index (χ2v) is 4.10. The van der Waals surface area contributed by atoms with E-state index in [4.69, 9.17) is 10.00 Å². The minimum atomic E-state index is -0.791. The first-order valence-corrected chi connectivity index (χ1v) is 5.30. The molecule has 0 spiro atoms. The Morgan fingerprint density at radius 1 is 1.47 bits per heavy atom. The van der Waals surface area contributed by atoms with Crippen molar-refractivity contribution in [3.05, 3.63) is 34.3 Å². The fourth-order valence-electron chi connectivity index (χ4n) is 1.32. The Hall–Kier alpha value is -0.890. The molecule has 4 heteroatoms. The molecule has 0 fully saturated rings. The molecule has 0 heterocycles. The van der Waals surface area contributed by atoms with Crippen molar-refractivity contribution in [1.82, 2.24) is 0 Å². The van der Waals surface area contributed by atoms with E-state index in [1.165, 1.54) is 7.11 Å². The molecule has 0 saturated carbocycles. The Labute approximate surface area is 97.4 Å². The third-order valence-electron chi connectivity index (χ3n) is 2.09. The van der Waals surface area contributed by atoms with Crippen molar-refractivity contribution in [2.75, 3.05) is 13.7 Å². The quantitative estimate of drug-likeness (QED) is 0.911. The average molecular weight is 270 g/mol. The number of halogens is 1. The van der Waals surface area contributed by atoms with E-state index < -0.39 is 12.0 Å². The summed E-state index contributed by atoms with van der Waals surface area (Å²) in [5.41, 5.74) is 0.797. The van der Waals surface area contributed by atoms with E-state index in [-0.39, 0.29) is 6.61 Å². The van der Waals surface area contributed by atoms with Gasteiger partial charge in [-0.3, -0.25) is 0 Å². The van der Waals surface area contributed by atoms with Gasteiger partial charge in [0.05, 0.1) is 24.7 Å². The predicted molar refractivity (Wildman–Crippen MR) is 60.4 cm³/mol. The molecule has 0 aromatic heterocycles. The zero-order chi connectivity index (χ0) is 11.3. The fourth-order valence-corrected chi connectivity index (χ4v) is 1.58. The van der Waals surface area contributed by atoms with E-state index in [1.807, 2.05) is 24.3 Å². The Balaban J connectivity index is 2.84. The number of nitrogens with zero attached hydrogens (tertiary/aromatic N) is 1. The van der Waals surface area contributed by atoms with Crippen molar-refractivity contribution in [2.24, 2.45) is 0 Å². The summed E-state index contributed by atoms with van der Waals surface area (Å²) < 4.78 is 5.77. The number of aliphatic hydroxyl groups excluding tert-OH is 1. The zero-order valence-corrected chi connectivity index (χ0v) is 9.94. The van der Waals surface area contributed by atoms with Crippen LogP contribution in [0.1, 0.15) is 11.5 Å². The summed E-state index contributed by atoms with van der Waals surface area (Å²) >= 11 is 3.31. The van der Waals surface area contributed by atoms with E-state index in [0.717, 1.165) is 10.0 Å². The Kier molecular flexibility index (Phi) is 4.76. The predicted octanol–water partition coefficient (Wildman–Crippen LogP) is 2.06. The topological polar surface area (TPSA) is 53.2 Å². The molecular formula is C11H12BrNO2. The van der Waals surface area contributed by atoms with E-state index >= 15 is 0 Å². The summed E-state index contributed by atoms with van der Waals surface area (Å²) in [5.74, 6) is -0.543. The molecule has 0 radical (unpaired) electrons. The number of hydrogen-bond acceptors (Lipinski definition) is 3. The van der Waals surface area contributed by atoms with E-state index in [9.17, 15) is 5.11 Å². The Morgan fingerprint density at radius 3 is 2.53 bits per heavy atom. The van der Waals surface area contributed by atoms with Gasteiger partial charge in [0.1, 0.15) is 0 Å². The first-order valence-electron chi connectivity index (χ1n) is 4.51. The Bertz CT molecular complexity index is 345. The maximum atomic E-state index is 9.67. The van der Waals surface area contributed by atoms with Crippen LogP contribution in [0.15, 0.2) is 28.7 Å². The average Bonchev–Trinajstić information content (AvgIpc) is 2.22. The molecule has 0 amide bonds. The number of ether oxygens (including phenoxy) is 1. The van der Waals surface area contributed by atoms with Gasteiger partial charge in [0.25, 0.3) is 0 Å². The van der Waals surface area contributed by atoms with Crippen LogP contribution in [0, 0.1) is 11.3 Å². The molecule has 80 valence electrons. The van der Waals surface area contributed by atoms with Crippen molar-refractivity contribution >= 4 is 15.9 Å². The zero-order valence-electron chi connectivity index (χ0n) is 8.35. The summed E-state index contributed by atoms with van der Waals surface area (Å²) in [5, 5.41) is 18.6. The number of rotatable bonds is 4. The largest absolute Gasteiger partial charge is 0.389 e. The monoisotopic (exact) mass is 269 g/mol. The van der Waals surface area contributed by atoms with Gasteiger partial charge in [0, 0.05) is 11.6 Å². The third-order valence-corrected chi connectivity index (χ3v) is 2.62. The lowest BCUT2D eigenvalue weighted by atomic mass is 9.95. The lowest BCUT2D eigenvalue weighted by Crippen LogP contribution is -2.22. The highest BCUT2D eigenvalue weighted by molar-refractivity contribution is 9.10. The van der Waals surface area contributed by atoms with Crippen LogP contribution < -0.4 is 0 Å². The van der Waals surface area contributed by atoms with Gasteiger partial charge >= 0.3 is 0 Å². The molecule has 0 aliphatic carbocycles. The first-order chi connectivity index (χ1) is 7.19. The second-order valence-electron chi connectivity index (χ2n) is 3.18. The van der Waals surface area contributed by atoms with Crippen molar-refractivity contribution in [3.63, 3.8) is 0 Å². The summed E-state index contributed by atoms with van der Waals surface area (Å²) in [6.45, 7) is 0.161. The SMILES string of the molecule is COCC(O)C(C#N)c1ccc(Br)cc1. The maximum absolute atomic E-state index is 9.67. The number of methoxy groups -OCH3 is 1. The van der Waals surface area contributed by atoms with Crippen molar-refractivity contribution in [2.45, 2.75) is 12.0 Å². The summed E-state index contributed by atoms with van der Waals surface area (Å²) in [6, 6.07) is 9.40. The lowest BCUT2D eigenvalue weighted by molar-refractivity contribution is 0.0571. The molecule has 1 aromatic carbocycles. The van der Waals surface area contributed by atoms with Crippen LogP contribution in [0.2, 0.25) is 0 Å². The molecule has 2 unspecified atom stereocenters. The highest BCUT2D eigenvalue weighted by Crippen LogP contribution is 2.21. The molecule has 1 rings (SSSR count). The van der Waals surface area contributed by atoms with Crippen LogP contribution in [-0.2, 0) is 4.74 Å². The van der Waals surface area contributed by atoms with Gasteiger partial charge in [-0.05, 0) is 17.7 Å². The van der Waals surface area contributed by atoms with Gasteiger partial charge in [0.2, 0.25) is 0 Å². The number of hydrogen-bond donors (Lipinski definition) is 1. The molecular weight excluding hydrogens is 258 g/mol. The van der Waals surface area contributed by atoms with Crippen LogP contribution in [0.4, 0.5) is 0 Å². The highest BCUT2D eigenvalue weighted by Gasteiger charge is 2.20. The molecule has 15 heavy (non-hydrogen) atoms. The van der Waals surface area contributed by atoms with Gasteiger partial charge in [-0.15, -0.1) is 0 Å². The third kappa shape index (κ3) is 3.31. The first kappa shape index (κ1) is 12.2. The second kappa shape index (κ2) is 5.86. The highest BCUT2D eigenvalue weighted by atomic mass is 79.9. The number of benzene rings is 1. The molecule has 0 saturated heterocycles. The van der Waals surface area contributed by atoms with E-state index in [1.54, 1.807) is 0 Å². The molecule has 1 aromatic rings. The van der Waals surface area contributed by atoms with Gasteiger partial charge < -0.3 is 9.84 Å². The smallest absolute Gasteiger partial charge is 0.0994 e. The van der Waals surface area contributed by atoms with Gasteiger partial charge in [-0.2, -0.15) is 5.26 Å². The van der Waals surface area contributed by atoms with Crippen LogP contribution in [-0.4, -0.2) is 24.9 Å². The maximum Gasteiger partial charge on any atom is 0.0994 e. The number of aliphatic hydroxyl groups is 1. The minimum absolute atomic E-state index is 0.161. The molecule has 1 N–H and O–H groups in total. The van der Waals surface area contributed by atoms with Crippen LogP contribution >= 0.6 is 15.9 Å². The summed E-state index contributed by atoms with van der Waals surface area (Å²) in [6.07, 6.45) is -0.791. The fraction of sp³-hybridized carbons (Fsp3) is 0.364. The van der Waals surface area contributed by atoms with Gasteiger partial charge in [0.15, 0.2) is 0 Å².